The molecule has 1 aliphatic rings. The highest BCUT2D eigenvalue weighted by molar-refractivity contribution is 6.02. The van der Waals surface area contributed by atoms with Gasteiger partial charge >= 0.3 is 0 Å². The molecule has 0 saturated heterocycles. The zero-order valence-corrected chi connectivity index (χ0v) is 25.0. The summed E-state index contributed by atoms with van der Waals surface area (Å²) in [6.45, 7) is 14.2. The molecule has 3 nitrogen and oxygen atoms in total. The minimum absolute atomic E-state index is 0.0305. The third kappa shape index (κ3) is 8.22. The number of rotatable bonds is 12. The number of aryl methyl sites for hydroxylation is 2. The summed E-state index contributed by atoms with van der Waals surface area (Å²) in [5, 5.41) is 0. The second kappa shape index (κ2) is 15.8. The van der Waals surface area contributed by atoms with Crippen molar-refractivity contribution in [1.29, 1.82) is 0 Å². The maximum Gasteiger partial charge on any atom is 0.163 e. The molecule has 0 N–H and O–H groups in total. The van der Waals surface area contributed by atoms with Crippen molar-refractivity contribution >= 4 is 17.3 Å². The van der Waals surface area contributed by atoms with Crippen LogP contribution in [0, 0.1) is 24.7 Å². The first-order valence-electron chi connectivity index (χ1n) is 15.0. The van der Waals surface area contributed by atoms with E-state index in [1.54, 1.807) is 0 Å². The number of hydrogen-bond donors (Lipinski definition) is 0. The van der Waals surface area contributed by atoms with Gasteiger partial charge in [0.2, 0.25) is 0 Å². The van der Waals surface area contributed by atoms with Crippen molar-refractivity contribution in [2.45, 2.75) is 113 Å². The Labute approximate surface area is 231 Å². The molecule has 3 rings (SSSR count). The normalized spacial score (nSPS) is 16.2. The maximum atomic E-state index is 13.5. The second-order valence-electron chi connectivity index (χ2n) is 11.2. The SMILES string of the molecule is CCC.CCCc1ccccc1-c1ccc(C)c2c1CC(CC(CCC)C(CC)C(=O)CC(C)=O)CC2=O. The average Bonchev–Trinajstić information content (AvgIpc) is 2.85. The summed E-state index contributed by atoms with van der Waals surface area (Å²) < 4.78 is 0. The Hall–Kier alpha value is -2.55. The molecule has 0 radical (unpaired) electrons. The second-order valence-corrected chi connectivity index (χ2v) is 11.2. The van der Waals surface area contributed by atoms with Gasteiger partial charge in [-0.05, 0) is 79.2 Å². The molecule has 0 amide bonds. The van der Waals surface area contributed by atoms with Crippen molar-refractivity contribution in [1.82, 2.24) is 0 Å². The summed E-state index contributed by atoms with van der Waals surface area (Å²) in [5.41, 5.74) is 6.94. The van der Waals surface area contributed by atoms with E-state index in [-0.39, 0.29) is 41.5 Å². The minimum Gasteiger partial charge on any atom is -0.300 e. The van der Waals surface area contributed by atoms with E-state index in [0.717, 1.165) is 56.1 Å². The summed E-state index contributed by atoms with van der Waals surface area (Å²) in [4.78, 5) is 38.0. The fourth-order valence-electron chi connectivity index (χ4n) is 6.26. The molecule has 2 aromatic rings. The molecule has 208 valence electrons. The van der Waals surface area contributed by atoms with Gasteiger partial charge in [-0.25, -0.2) is 0 Å². The Morgan fingerprint density at radius 2 is 1.61 bits per heavy atom. The van der Waals surface area contributed by atoms with Gasteiger partial charge in [-0.1, -0.05) is 96.7 Å². The lowest BCUT2D eigenvalue weighted by atomic mass is 9.71. The van der Waals surface area contributed by atoms with Crippen molar-refractivity contribution in [2.75, 3.05) is 0 Å². The third-order valence-electron chi connectivity index (χ3n) is 7.73. The zero-order chi connectivity index (χ0) is 28.2. The average molecular weight is 519 g/mol. The molecule has 0 aromatic heterocycles. The van der Waals surface area contributed by atoms with Gasteiger partial charge in [0.1, 0.15) is 11.6 Å². The van der Waals surface area contributed by atoms with E-state index >= 15 is 0 Å². The van der Waals surface area contributed by atoms with E-state index < -0.39 is 0 Å². The quantitative estimate of drug-likeness (QED) is 0.263. The Bertz CT molecular complexity index is 1080. The van der Waals surface area contributed by atoms with Crippen molar-refractivity contribution in [3.05, 3.63) is 58.7 Å². The standard InChI is InChI=1S/C32H42O3.C3H8/c1-6-11-24-13-9-10-14-27(24)28-16-15-21(4)32-29(28)19-23(20-31(32)35)18-25(12-7-2)26(8-3)30(34)17-22(5)33;1-3-2/h9-10,13-16,23,25-26H,6-8,11-12,17-20H2,1-5H3;3H2,1-2H3. The molecule has 0 bridgehead atoms. The van der Waals surface area contributed by atoms with Gasteiger partial charge in [0.25, 0.3) is 0 Å². The monoisotopic (exact) mass is 518 g/mol. The van der Waals surface area contributed by atoms with Crippen LogP contribution in [0.4, 0.5) is 0 Å². The lowest BCUT2D eigenvalue weighted by molar-refractivity contribution is -0.129. The Morgan fingerprint density at radius 1 is 0.921 bits per heavy atom. The van der Waals surface area contributed by atoms with E-state index in [4.69, 9.17) is 0 Å². The van der Waals surface area contributed by atoms with Gasteiger partial charge in [-0.15, -0.1) is 0 Å². The molecule has 2 aromatic carbocycles. The van der Waals surface area contributed by atoms with Crippen LogP contribution in [0.3, 0.4) is 0 Å². The third-order valence-corrected chi connectivity index (χ3v) is 7.73. The lowest BCUT2D eigenvalue weighted by Crippen LogP contribution is -2.30. The number of Topliss-reactive ketones (excluding diaryl/α,β-unsaturated/α-hetero) is 3. The molecular weight excluding hydrogens is 468 g/mol. The minimum atomic E-state index is -0.0994. The molecule has 3 unspecified atom stereocenters. The Morgan fingerprint density at radius 3 is 2.21 bits per heavy atom. The smallest absolute Gasteiger partial charge is 0.163 e. The van der Waals surface area contributed by atoms with Gasteiger partial charge in [-0.2, -0.15) is 0 Å². The van der Waals surface area contributed by atoms with E-state index in [0.29, 0.717) is 6.42 Å². The molecule has 0 fully saturated rings. The van der Waals surface area contributed by atoms with Crippen LogP contribution in [0.5, 0.6) is 0 Å². The first-order chi connectivity index (χ1) is 18.2. The number of fused-ring (bicyclic) bond motifs is 1. The van der Waals surface area contributed by atoms with Crippen molar-refractivity contribution in [2.24, 2.45) is 17.8 Å². The van der Waals surface area contributed by atoms with Crippen molar-refractivity contribution in [3.63, 3.8) is 0 Å². The Kier molecular flexibility index (Phi) is 13.1. The van der Waals surface area contributed by atoms with Crippen LogP contribution in [0.25, 0.3) is 11.1 Å². The molecule has 38 heavy (non-hydrogen) atoms. The number of carbonyl (C=O) groups is 3. The number of hydrogen-bond acceptors (Lipinski definition) is 3. The Balaban J connectivity index is 0.00000161. The number of benzene rings is 2. The van der Waals surface area contributed by atoms with Gasteiger partial charge < -0.3 is 0 Å². The highest BCUT2D eigenvalue weighted by Crippen LogP contribution is 2.40. The van der Waals surface area contributed by atoms with Gasteiger partial charge in [-0.3, -0.25) is 14.4 Å². The topological polar surface area (TPSA) is 51.2 Å². The summed E-state index contributed by atoms with van der Waals surface area (Å²) >= 11 is 0. The predicted molar refractivity (Wildman–Crippen MR) is 160 cm³/mol. The van der Waals surface area contributed by atoms with Crippen molar-refractivity contribution in [3.8, 4) is 11.1 Å². The molecule has 1 aliphatic carbocycles. The highest BCUT2D eigenvalue weighted by Gasteiger charge is 2.34. The molecule has 0 aliphatic heterocycles. The van der Waals surface area contributed by atoms with Crippen LogP contribution >= 0.6 is 0 Å². The number of ketones is 3. The molecule has 0 saturated carbocycles. The van der Waals surface area contributed by atoms with Gasteiger partial charge in [0.15, 0.2) is 5.78 Å². The fourth-order valence-corrected chi connectivity index (χ4v) is 6.26. The largest absolute Gasteiger partial charge is 0.300 e. The van der Waals surface area contributed by atoms with E-state index in [1.165, 1.54) is 35.6 Å². The van der Waals surface area contributed by atoms with Crippen LogP contribution < -0.4 is 0 Å². The van der Waals surface area contributed by atoms with Crippen LogP contribution in [-0.2, 0) is 22.4 Å². The summed E-state index contributed by atoms with van der Waals surface area (Å²) in [6.07, 6.45) is 8.38. The highest BCUT2D eigenvalue weighted by atomic mass is 16.1. The van der Waals surface area contributed by atoms with E-state index in [9.17, 15) is 14.4 Å². The molecule has 0 spiro atoms. The first kappa shape index (κ1) is 31.7. The summed E-state index contributed by atoms with van der Waals surface area (Å²) in [7, 11) is 0. The van der Waals surface area contributed by atoms with Crippen molar-refractivity contribution < 1.29 is 14.4 Å². The van der Waals surface area contributed by atoms with Crippen LogP contribution in [0.1, 0.15) is 120 Å². The lowest BCUT2D eigenvalue weighted by Gasteiger charge is -2.32. The number of carbonyl (C=O) groups excluding carboxylic acids is 3. The molecule has 0 heterocycles. The molecule has 3 atom stereocenters. The zero-order valence-electron chi connectivity index (χ0n) is 25.0. The van der Waals surface area contributed by atoms with Gasteiger partial charge in [0, 0.05) is 17.9 Å². The summed E-state index contributed by atoms with van der Waals surface area (Å²) in [5.74, 6) is 0.600. The molecule has 3 heteroatoms. The summed E-state index contributed by atoms with van der Waals surface area (Å²) in [6, 6.07) is 12.9. The molecular formula is C35H50O3. The maximum absolute atomic E-state index is 13.5. The van der Waals surface area contributed by atoms with E-state index in [1.807, 2.05) is 6.92 Å². The van der Waals surface area contributed by atoms with E-state index in [2.05, 4.69) is 71.0 Å². The fraction of sp³-hybridized carbons (Fsp3) is 0.571. The van der Waals surface area contributed by atoms with Crippen LogP contribution in [0.15, 0.2) is 36.4 Å². The van der Waals surface area contributed by atoms with Crippen LogP contribution in [0.2, 0.25) is 0 Å². The van der Waals surface area contributed by atoms with Crippen LogP contribution in [-0.4, -0.2) is 17.3 Å². The predicted octanol–water partition coefficient (Wildman–Crippen LogP) is 9.16. The van der Waals surface area contributed by atoms with Gasteiger partial charge in [0.05, 0.1) is 6.42 Å². The first-order valence-corrected chi connectivity index (χ1v) is 15.0.